The van der Waals surface area contributed by atoms with Gasteiger partial charge in [-0.3, -0.25) is 9.69 Å². The van der Waals surface area contributed by atoms with Crippen molar-refractivity contribution in [1.29, 1.82) is 0 Å². The fourth-order valence-electron chi connectivity index (χ4n) is 2.71. The molecule has 1 heterocycles. The summed E-state index contributed by atoms with van der Waals surface area (Å²) in [5.74, 6) is 2.42. The number of hydrogen-bond acceptors (Lipinski definition) is 3. The molecule has 1 aromatic carbocycles. The van der Waals surface area contributed by atoms with E-state index in [-0.39, 0.29) is 17.9 Å². The molecular weight excluding hydrogens is 238 g/mol. The van der Waals surface area contributed by atoms with Crippen LogP contribution in [-0.4, -0.2) is 31.1 Å². The number of carbonyl (C=O) groups excluding carboxylic acids is 1. The smallest absolute Gasteiger partial charge is 0.310 e. The lowest BCUT2D eigenvalue weighted by atomic mass is 9.93. The highest BCUT2D eigenvalue weighted by Crippen LogP contribution is 2.36. The molecule has 3 heteroatoms. The van der Waals surface area contributed by atoms with E-state index in [4.69, 9.17) is 11.2 Å². The molecule has 2 atom stereocenters. The molecule has 1 saturated heterocycles. The summed E-state index contributed by atoms with van der Waals surface area (Å²) in [7, 11) is 2.04. The van der Waals surface area contributed by atoms with E-state index in [9.17, 15) is 4.79 Å². The van der Waals surface area contributed by atoms with Gasteiger partial charge < -0.3 is 4.74 Å². The van der Waals surface area contributed by atoms with Crippen molar-refractivity contribution >= 4 is 5.97 Å². The zero-order chi connectivity index (χ0) is 13.8. The predicted octanol–water partition coefficient (Wildman–Crippen LogP) is 2.22. The van der Waals surface area contributed by atoms with E-state index in [1.807, 2.05) is 38.2 Å². The van der Waals surface area contributed by atoms with Crippen LogP contribution >= 0.6 is 0 Å². The van der Waals surface area contributed by atoms with Crippen molar-refractivity contribution in [2.75, 3.05) is 20.2 Å². The van der Waals surface area contributed by atoms with Crippen molar-refractivity contribution in [3.63, 3.8) is 0 Å². The van der Waals surface area contributed by atoms with Crippen LogP contribution in [0.5, 0.6) is 0 Å². The highest BCUT2D eigenvalue weighted by Gasteiger charge is 2.38. The van der Waals surface area contributed by atoms with Gasteiger partial charge in [-0.2, -0.15) is 0 Å². The van der Waals surface area contributed by atoms with E-state index >= 15 is 0 Å². The molecule has 0 saturated carbocycles. The lowest BCUT2D eigenvalue weighted by Gasteiger charge is -2.24. The molecule has 0 spiro atoms. The third kappa shape index (κ3) is 2.80. The number of carbonyl (C=O) groups is 1. The lowest BCUT2D eigenvalue weighted by molar-refractivity contribution is -0.148. The molecule has 1 unspecified atom stereocenters. The first-order valence-corrected chi connectivity index (χ1v) is 6.60. The zero-order valence-corrected chi connectivity index (χ0v) is 11.4. The quantitative estimate of drug-likeness (QED) is 0.614. The number of hydrogen-bond donors (Lipinski definition) is 0. The molecule has 1 aliphatic heterocycles. The lowest BCUT2D eigenvalue weighted by Crippen LogP contribution is -2.26. The number of ether oxygens (including phenoxy) is 1. The summed E-state index contributed by atoms with van der Waals surface area (Å²) in [6.07, 6.45) is 6.21. The topological polar surface area (TPSA) is 29.5 Å². The van der Waals surface area contributed by atoms with Gasteiger partial charge in [0.05, 0.1) is 12.5 Å². The Morgan fingerprint density at radius 1 is 1.47 bits per heavy atom. The molecule has 0 radical (unpaired) electrons. The molecule has 0 aromatic heterocycles. The molecule has 1 aliphatic rings. The minimum absolute atomic E-state index is 0.0818. The van der Waals surface area contributed by atoms with E-state index in [1.165, 1.54) is 0 Å². The third-order valence-electron chi connectivity index (χ3n) is 3.66. The highest BCUT2D eigenvalue weighted by molar-refractivity contribution is 5.74. The van der Waals surface area contributed by atoms with Crippen molar-refractivity contribution in [2.45, 2.75) is 19.4 Å². The molecule has 19 heavy (non-hydrogen) atoms. The van der Waals surface area contributed by atoms with Crippen LogP contribution in [0.3, 0.4) is 0 Å². The Morgan fingerprint density at radius 3 is 2.74 bits per heavy atom. The van der Waals surface area contributed by atoms with Crippen molar-refractivity contribution < 1.29 is 9.53 Å². The van der Waals surface area contributed by atoms with Gasteiger partial charge in [0.1, 0.15) is 0 Å². The summed E-state index contributed by atoms with van der Waals surface area (Å²) in [6.45, 7) is 3.18. The standard InChI is InChI=1S/C16H19NO2/c1-4-12-6-8-13(9-7-12)15-14(10-11-17(15)3)16(18)19-5-2/h1,6-9,14-15H,5,10-11H2,2-3H3/t14?,15-/m0/s1. The second-order valence-electron chi connectivity index (χ2n) is 4.84. The number of nitrogens with zero attached hydrogens (tertiary/aromatic N) is 1. The van der Waals surface area contributed by atoms with Gasteiger partial charge in [-0.15, -0.1) is 6.42 Å². The third-order valence-corrected chi connectivity index (χ3v) is 3.66. The van der Waals surface area contributed by atoms with E-state index in [0.29, 0.717) is 6.61 Å². The first-order chi connectivity index (χ1) is 9.17. The Hall–Kier alpha value is -1.79. The minimum atomic E-state index is -0.0992. The van der Waals surface area contributed by atoms with Crippen LogP contribution in [0.25, 0.3) is 0 Å². The van der Waals surface area contributed by atoms with Crippen LogP contribution in [0, 0.1) is 18.3 Å². The number of rotatable bonds is 3. The summed E-state index contributed by atoms with van der Waals surface area (Å²) < 4.78 is 5.17. The van der Waals surface area contributed by atoms with E-state index in [0.717, 1.165) is 24.1 Å². The van der Waals surface area contributed by atoms with Crippen LogP contribution in [0.15, 0.2) is 24.3 Å². The SMILES string of the molecule is C#Cc1ccc([C@H]2C(C(=O)OCC)CCN2C)cc1. The Morgan fingerprint density at radius 2 is 2.16 bits per heavy atom. The molecule has 3 nitrogen and oxygen atoms in total. The van der Waals surface area contributed by atoms with Gasteiger partial charge in [-0.05, 0) is 44.6 Å². The second kappa shape index (κ2) is 5.90. The Bertz CT molecular complexity index is 486. The fraction of sp³-hybridized carbons (Fsp3) is 0.438. The van der Waals surface area contributed by atoms with Crippen LogP contribution in [-0.2, 0) is 9.53 Å². The van der Waals surface area contributed by atoms with Crippen LogP contribution in [0.1, 0.15) is 30.5 Å². The predicted molar refractivity (Wildman–Crippen MR) is 74.5 cm³/mol. The van der Waals surface area contributed by atoms with Crippen molar-refractivity contribution in [1.82, 2.24) is 4.90 Å². The van der Waals surface area contributed by atoms with Gasteiger partial charge in [-0.1, -0.05) is 18.1 Å². The number of benzene rings is 1. The van der Waals surface area contributed by atoms with Gasteiger partial charge in [0.25, 0.3) is 0 Å². The maximum absolute atomic E-state index is 12.0. The average Bonchev–Trinajstić information content (AvgIpc) is 2.81. The van der Waals surface area contributed by atoms with Gasteiger partial charge in [0, 0.05) is 11.6 Å². The molecule has 0 aliphatic carbocycles. The number of likely N-dealkylation sites (tertiary alicyclic amines) is 1. The first kappa shape index (κ1) is 13.6. The van der Waals surface area contributed by atoms with Crippen LogP contribution < -0.4 is 0 Å². The highest BCUT2D eigenvalue weighted by atomic mass is 16.5. The summed E-state index contributed by atoms with van der Waals surface area (Å²) in [4.78, 5) is 14.2. The molecule has 2 rings (SSSR count). The zero-order valence-electron chi connectivity index (χ0n) is 11.4. The number of terminal acetylenes is 1. The Kier molecular flexibility index (Phi) is 4.24. The maximum atomic E-state index is 12.0. The molecular formula is C16H19NO2. The summed E-state index contributed by atoms with van der Waals surface area (Å²) in [5, 5.41) is 0. The van der Waals surface area contributed by atoms with Gasteiger partial charge in [0.15, 0.2) is 0 Å². The minimum Gasteiger partial charge on any atom is -0.466 e. The fourth-order valence-corrected chi connectivity index (χ4v) is 2.71. The largest absolute Gasteiger partial charge is 0.466 e. The monoisotopic (exact) mass is 257 g/mol. The van der Waals surface area contributed by atoms with E-state index < -0.39 is 0 Å². The summed E-state index contributed by atoms with van der Waals surface area (Å²) >= 11 is 0. The molecule has 100 valence electrons. The van der Waals surface area contributed by atoms with E-state index in [2.05, 4.69) is 10.8 Å². The maximum Gasteiger partial charge on any atom is 0.310 e. The summed E-state index contributed by atoms with van der Waals surface area (Å²) in [5.41, 5.74) is 1.98. The van der Waals surface area contributed by atoms with E-state index in [1.54, 1.807) is 0 Å². The van der Waals surface area contributed by atoms with Gasteiger partial charge >= 0.3 is 5.97 Å². The average molecular weight is 257 g/mol. The van der Waals surface area contributed by atoms with Crippen LogP contribution in [0.2, 0.25) is 0 Å². The normalized spacial score (nSPS) is 23.0. The van der Waals surface area contributed by atoms with Crippen molar-refractivity contribution in [2.24, 2.45) is 5.92 Å². The molecule has 0 bridgehead atoms. The van der Waals surface area contributed by atoms with Gasteiger partial charge in [0.2, 0.25) is 0 Å². The Labute approximate surface area is 114 Å². The summed E-state index contributed by atoms with van der Waals surface area (Å²) in [6, 6.07) is 7.95. The molecule has 1 aromatic rings. The van der Waals surface area contributed by atoms with Crippen molar-refractivity contribution in [3.05, 3.63) is 35.4 Å². The van der Waals surface area contributed by atoms with Crippen molar-refractivity contribution in [3.8, 4) is 12.3 Å². The first-order valence-electron chi connectivity index (χ1n) is 6.60. The molecule has 0 amide bonds. The second-order valence-corrected chi connectivity index (χ2v) is 4.84. The molecule has 1 fully saturated rings. The molecule has 0 N–H and O–H groups in total. The van der Waals surface area contributed by atoms with Crippen LogP contribution in [0.4, 0.5) is 0 Å². The van der Waals surface area contributed by atoms with Gasteiger partial charge in [-0.25, -0.2) is 0 Å². The Balaban J connectivity index is 2.23. The number of esters is 1.